The van der Waals surface area contributed by atoms with Gasteiger partial charge in [0.15, 0.2) is 0 Å². The average molecular weight is 264 g/mol. The van der Waals surface area contributed by atoms with Crippen LogP contribution in [0.5, 0.6) is 0 Å². The molecule has 0 aromatic heterocycles. The first-order chi connectivity index (χ1) is 9.08. The summed E-state index contributed by atoms with van der Waals surface area (Å²) in [7, 11) is 0. The molecule has 102 valence electrons. The molecule has 1 aromatic carbocycles. The molecule has 1 fully saturated rings. The van der Waals surface area contributed by atoms with Gasteiger partial charge < -0.3 is 20.5 Å². The molecular weight excluding hydrogens is 248 g/mol. The molecule has 0 aliphatic carbocycles. The zero-order chi connectivity index (χ0) is 13.8. The largest absolute Gasteiger partial charge is 0.478 e. The Morgan fingerprint density at radius 1 is 1.47 bits per heavy atom. The standard InChI is InChI=1S/C13H16N2O4/c1-8-2-3-9(13(17)18)6-10(8)15-12(16)11-7-19-5-4-14-11/h2-3,6,11,14H,4-5,7H2,1H3,(H,15,16)(H,17,18). The summed E-state index contributed by atoms with van der Waals surface area (Å²) >= 11 is 0. The highest BCUT2D eigenvalue weighted by molar-refractivity contribution is 5.97. The summed E-state index contributed by atoms with van der Waals surface area (Å²) in [5.41, 5.74) is 1.47. The molecule has 3 N–H and O–H groups in total. The van der Waals surface area contributed by atoms with Crippen LogP contribution in [0.25, 0.3) is 0 Å². The predicted octanol–water partition coefficient (Wildman–Crippen LogP) is 0.620. The van der Waals surface area contributed by atoms with E-state index in [2.05, 4.69) is 10.6 Å². The number of hydrogen-bond donors (Lipinski definition) is 3. The molecule has 1 amide bonds. The molecule has 1 heterocycles. The predicted molar refractivity (Wildman–Crippen MR) is 69.4 cm³/mol. The van der Waals surface area contributed by atoms with Crippen molar-refractivity contribution in [2.75, 3.05) is 25.1 Å². The number of ether oxygens (including phenoxy) is 1. The average Bonchev–Trinajstić information content (AvgIpc) is 2.42. The van der Waals surface area contributed by atoms with Gasteiger partial charge in [-0.1, -0.05) is 6.07 Å². The SMILES string of the molecule is Cc1ccc(C(=O)O)cc1NC(=O)C1COCCN1. The van der Waals surface area contributed by atoms with Gasteiger partial charge in [0.1, 0.15) is 6.04 Å². The second kappa shape index (κ2) is 5.81. The summed E-state index contributed by atoms with van der Waals surface area (Å²) in [5, 5.41) is 14.7. The monoisotopic (exact) mass is 264 g/mol. The lowest BCUT2D eigenvalue weighted by atomic mass is 10.1. The number of nitrogens with one attached hydrogen (secondary N) is 2. The molecule has 1 aromatic rings. The molecule has 0 radical (unpaired) electrons. The van der Waals surface area contributed by atoms with Gasteiger partial charge in [-0.3, -0.25) is 4.79 Å². The number of morpholine rings is 1. The van der Waals surface area contributed by atoms with Gasteiger partial charge in [-0.05, 0) is 24.6 Å². The lowest BCUT2D eigenvalue weighted by molar-refractivity contribution is -0.120. The van der Waals surface area contributed by atoms with Gasteiger partial charge in [0.05, 0.1) is 18.8 Å². The quantitative estimate of drug-likeness (QED) is 0.745. The number of carboxylic acids is 1. The van der Waals surface area contributed by atoms with Crippen LogP contribution >= 0.6 is 0 Å². The second-order valence-corrected chi connectivity index (χ2v) is 4.41. The van der Waals surface area contributed by atoms with Gasteiger partial charge in [-0.25, -0.2) is 4.79 Å². The van der Waals surface area contributed by atoms with Crippen LogP contribution in [-0.2, 0) is 9.53 Å². The van der Waals surface area contributed by atoms with E-state index in [0.717, 1.165) is 5.56 Å². The van der Waals surface area contributed by atoms with E-state index in [9.17, 15) is 9.59 Å². The van der Waals surface area contributed by atoms with Gasteiger partial charge in [-0.2, -0.15) is 0 Å². The maximum atomic E-state index is 12.0. The van der Waals surface area contributed by atoms with E-state index in [1.54, 1.807) is 6.07 Å². The molecule has 0 bridgehead atoms. The minimum Gasteiger partial charge on any atom is -0.478 e. The summed E-state index contributed by atoms with van der Waals surface area (Å²) in [6.45, 7) is 3.36. The van der Waals surface area contributed by atoms with E-state index in [4.69, 9.17) is 9.84 Å². The van der Waals surface area contributed by atoms with Gasteiger partial charge in [0.2, 0.25) is 5.91 Å². The van der Waals surface area contributed by atoms with Crippen LogP contribution in [0.1, 0.15) is 15.9 Å². The Morgan fingerprint density at radius 2 is 2.26 bits per heavy atom. The Balaban J connectivity index is 2.11. The first kappa shape index (κ1) is 13.5. The number of carbonyl (C=O) groups is 2. The van der Waals surface area contributed by atoms with Crippen LogP contribution < -0.4 is 10.6 Å². The van der Waals surface area contributed by atoms with E-state index >= 15 is 0 Å². The van der Waals surface area contributed by atoms with E-state index < -0.39 is 12.0 Å². The van der Waals surface area contributed by atoms with Crippen molar-refractivity contribution in [3.05, 3.63) is 29.3 Å². The molecule has 1 aliphatic rings. The van der Waals surface area contributed by atoms with E-state index in [0.29, 0.717) is 25.4 Å². The number of aromatic carboxylic acids is 1. The maximum Gasteiger partial charge on any atom is 0.335 e. The van der Waals surface area contributed by atoms with Crippen LogP contribution in [0.3, 0.4) is 0 Å². The van der Waals surface area contributed by atoms with Crippen molar-refractivity contribution in [3.63, 3.8) is 0 Å². The third-order valence-corrected chi connectivity index (χ3v) is 2.98. The topological polar surface area (TPSA) is 87.7 Å². The van der Waals surface area contributed by atoms with Gasteiger partial charge in [0.25, 0.3) is 0 Å². The molecule has 6 nitrogen and oxygen atoms in total. The fourth-order valence-corrected chi connectivity index (χ4v) is 1.84. The maximum absolute atomic E-state index is 12.0. The summed E-state index contributed by atoms with van der Waals surface area (Å²) < 4.78 is 5.22. The van der Waals surface area contributed by atoms with Crippen molar-refractivity contribution in [2.24, 2.45) is 0 Å². The van der Waals surface area contributed by atoms with E-state index in [-0.39, 0.29) is 11.5 Å². The second-order valence-electron chi connectivity index (χ2n) is 4.41. The molecule has 2 rings (SSSR count). The Hall–Kier alpha value is -1.92. The molecule has 1 unspecified atom stereocenters. The minimum atomic E-state index is -1.02. The number of benzene rings is 1. The smallest absolute Gasteiger partial charge is 0.335 e. The Bertz CT molecular complexity index is 495. The highest BCUT2D eigenvalue weighted by Crippen LogP contribution is 2.17. The van der Waals surface area contributed by atoms with Gasteiger partial charge in [-0.15, -0.1) is 0 Å². The fraction of sp³-hybridized carbons (Fsp3) is 0.385. The third-order valence-electron chi connectivity index (χ3n) is 2.98. The molecule has 0 spiro atoms. The van der Waals surface area contributed by atoms with Gasteiger partial charge in [0, 0.05) is 12.2 Å². The molecule has 1 atom stereocenters. The van der Waals surface area contributed by atoms with Crippen LogP contribution in [0.2, 0.25) is 0 Å². The number of carbonyl (C=O) groups excluding carboxylic acids is 1. The number of rotatable bonds is 3. The first-order valence-corrected chi connectivity index (χ1v) is 6.04. The summed E-state index contributed by atoms with van der Waals surface area (Å²) in [6, 6.07) is 4.24. The summed E-state index contributed by atoms with van der Waals surface area (Å²) in [5.74, 6) is -1.24. The number of carboxylic acid groups (broad SMARTS) is 1. The van der Waals surface area contributed by atoms with E-state index in [1.807, 2.05) is 6.92 Å². The number of anilines is 1. The van der Waals surface area contributed by atoms with Crippen LogP contribution in [0, 0.1) is 6.92 Å². The fourth-order valence-electron chi connectivity index (χ4n) is 1.84. The Labute approximate surface area is 110 Å². The lowest BCUT2D eigenvalue weighted by Gasteiger charge is -2.23. The summed E-state index contributed by atoms with van der Waals surface area (Å²) in [4.78, 5) is 22.9. The highest BCUT2D eigenvalue weighted by atomic mass is 16.5. The first-order valence-electron chi connectivity index (χ1n) is 6.04. The molecular formula is C13H16N2O4. The number of amides is 1. The normalized spacial score (nSPS) is 18.9. The third kappa shape index (κ3) is 3.30. The Kier molecular flexibility index (Phi) is 4.13. The van der Waals surface area contributed by atoms with Gasteiger partial charge >= 0.3 is 5.97 Å². The number of aryl methyl sites for hydroxylation is 1. The number of hydrogen-bond acceptors (Lipinski definition) is 4. The zero-order valence-corrected chi connectivity index (χ0v) is 10.6. The molecule has 19 heavy (non-hydrogen) atoms. The molecule has 6 heteroatoms. The van der Waals surface area contributed by atoms with E-state index in [1.165, 1.54) is 12.1 Å². The van der Waals surface area contributed by atoms with Crippen molar-refractivity contribution < 1.29 is 19.4 Å². The van der Waals surface area contributed by atoms with Crippen molar-refractivity contribution >= 4 is 17.6 Å². The highest BCUT2D eigenvalue weighted by Gasteiger charge is 2.21. The zero-order valence-electron chi connectivity index (χ0n) is 10.6. The molecule has 1 aliphatic heterocycles. The minimum absolute atomic E-state index is 0.147. The van der Waals surface area contributed by atoms with Crippen molar-refractivity contribution in [1.29, 1.82) is 0 Å². The molecule has 0 saturated carbocycles. The lowest BCUT2D eigenvalue weighted by Crippen LogP contribution is -2.48. The van der Waals surface area contributed by atoms with Crippen LogP contribution in [-0.4, -0.2) is 42.8 Å². The Morgan fingerprint density at radius 3 is 2.89 bits per heavy atom. The van der Waals surface area contributed by atoms with Crippen molar-refractivity contribution in [2.45, 2.75) is 13.0 Å². The molecule has 1 saturated heterocycles. The van der Waals surface area contributed by atoms with Crippen molar-refractivity contribution in [3.8, 4) is 0 Å². The van der Waals surface area contributed by atoms with Crippen molar-refractivity contribution in [1.82, 2.24) is 5.32 Å². The summed E-state index contributed by atoms with van der Waals surface area (Å²) in [6.07, 6.45) is 0. The van der Waals surface area contributed by atoms with Crippen LogP contribution in [0.4, 0.5) is 5.69 Å². The van der Waals surface area contributed by atoms with Crippen LogP contribution in [0.15, 0.2) is 18.2 Å².